The number of rotatable bonds is 3. The smallest absolute Gasteiger partial charge is 0.324 e. The molecule has 1 N–H and O–H groups in total. The van der Waals surface area contributed by atoms with Crippen molar-refractivity contribution in [1.82, 2.24) is 4.90 Å². The highest BCUT2D eigenvalue weighted by molar-refractivity contribution is 5.89. The van der Waals surface area contributed by atoms with Gasteiger partial charge in [-0.1, -0.05) is 18.2 Å². The lowest BCUT2D eigenvalue weighted by molar-refractivity contribution is -0.183. The van der Waals surface area contributed by atoms with E-state index in [1.165, 1.54) is 4.90 Å². The van der Waals surface area contributed by atoms with Crippen LogP contribution in [0.5, 0.6) is 0 Å². The quantitative estimate of drug-likeness (QED) is 0.665. The first-order valence-corrected chi connectivity index (χ1v) is 8.61. The summed E-state index contributed by atoms with van der Waals surface area (Å²) in [5.41, 5.74) is 1.82. The molecule has 0 radical (unpaired) electrons. The molecule has 1 heterocycles. The largest absolute Gasteiger partial charge is 0.393 e. The van der Waals surface area contributed by atoms with E-state index < -0.39 is 18.1 Å². The van der Waals surface area contributed by atoms with Gasteiger partial charge in [0.2, 0.25) is 0 Å². The SMILES string of the molecule is O=C(Nc1ccc(N=Nc2ccccc2)cc1)N1CCCC(C(F)(F)F)C1. The van der Waals surface area contributed by atoms with Crippen molar-refractivity contribution >= 4 is 23.1 Å². The molecule has 2 aromatic carbocycles. The number of azo groups is 1. The molecular formula is C19H19F3N4O. The topological polar surface area (TPSA) is 57.1 Å². The summed E-state index contributed by atoms with van der Waals surface area (Å²) in [5.74, 6) is -1.46. The predicted octanol–water partition coefficient (Wildman–Crippen LogP) is 5.91. The number of amides is 2. The number of piperidine rings is 1. The van der Waals surface area contributed by atoms with Crippen molar-refractivity contribution in [3.63, 3.8) is 0 Å². The van der Waals surface area contributed by atoms with E-state index in [9.17, 15) is 18.0 Å². The van der Waals surface area contributed by atoms with Gasteiger partial charge in [0, 0.05) is 18.8 Å². The van der Waals surface area contributed by atoms with Crippen LogP contribution in [0.15, 0.2) is 64.8 Å². The maximum atomic E-state index is 12.9. The zero-order valence-corrected chi connectivity index (χ0v) is 14.5. The molecule has 1 saturated heterocycles. The van der Waals surface area contributed by atoms with Crippen LogP contribution < -0.4 is 5.32 Å². The Morgan fingerprint density at radius 3 is 2.26 bits per heavy atom. The number of hydrogen-bond donors (Lipinski definition) is 1. The van der Waals surface area contributed by atoms with E-state index in [0.29, 0.717) is 24.3 Å². The Morgan fingerprint density at radius 1 is 1.00 bits per heavy atom. The molecular weight excluding hydrogens is 357 g/mol. The molecule has 1 aliphatic heterocycles. The molecule has 0 aromatic heterocycles. The number of alkyl halides is 3. The highest BCUT2D eigenvalue weighted by Gasteiger charge is 2.42. The molecule has 1 fully saturated rings. The minimum atomic E-state index is -4.27. The van der Waals surface area contributed by atoms with Gasteiger partial charge in [-0.3, -0.25) is 0 Å². The number of nitrogens with one attached hydrogen (secondary N) is 1. The Morgan fingerprint density at radius 2 is 1.63 bits per heavy atom. The third-order valence-electron chi connectivity index (χ3n) is 4.33. The molecule has 2 amide bonds. The average molecular weight is 376 g/mol. The van der Waals surface area contributed by atoms with Gasteiger partial charge >= 0.3 is 12.2 Å². The Kier molecular flexibility index (Phi) is 5.73. The van der Waals surface area contributed by atoms with E-state index in [0.717, 1.165) is 5.69 Å². The number of carbonyl (C=O) groups excluding carboxylic acids is 1. The summed E-state index contributed by atoms with van der Waals surface area (Å²) >= 11 is 0. The Hall–Kier alpha value is -2.90. The van der Waals surface area contributed by atoms with Crippen molar-refractivity contribution in [2.45, 2.75) is 19.0 Å². The summed E-state index contributed by atoms with van der Waals surface area (Å²) in [6, 6.07) is 15.4. The summed E-state index contributed by atoms with van der Waals surface area (Å²) in [5, 5.41) is 10.8. The van der Waals surface area contributed by atoms with Crippen LogP contribution in [0.3, 0.4) is 0 Å². The van der Waals surface area contributed by atoms with Crippen molar-refractivity contribution in [1.29, 1.82) is 0 Å². The standard InChI is InChI=1S/C19H19F3N4O/c20-19(21,22)14-5-4-12-26(13-14)18(27)23-15-8-10-17(11-9-15)25-24-16-6-2-1-3-7-16/h1-3,6-11,14H,4-5,12-13H2,(H,23,27). The van der Waals surface area contributed by atoms with Crippen LogP contribution in [0.25, 0.3) is 0 Å². The number of nitrogens with zero attached hydrogens (tertiary/aromatic N) is 3. The highest BCUT2D eigenvalue weighted by atomic mass is 19.4. The van der Waals surface area contributed by atoms with Crippen LogP contribution in [0.1, 0.15) is 12.8 Å². The number of urea groups is 1. The Balaban J connectivity index is 1.58. The first-order chi connectivity index (χ1) is 12.9. The number of carbonyl (C=O) groups is 1. The van der Waals surface area contributed by atoms with Gasteiger partial charge in [0.05, 0.1) is 17.3 Å². The average Bonchev–Trinajstić information content (AvgIpc) is 2.68. The number of benzene rings is 2. The fourth-order valence-electron chi connectivity index (χ4n) is 2.85. The molecule has 3 rings (SSSR count). The molecule has 1 unspecified atom stereocenters. The third-order valence-corrected chi connectivity index (χ3v) is 4.33. The maximum absolute atomic E-state index is 12.9. The van der Waals surface area contributed by atoms with Crippen LogP contribution in [0.2, 0.25) is 0 Å². The van der Waals surface area contributed by atoms with E-state index in [1.54, 1.807) is 24.3 Å². The Labute approximate surface area is 154 Å². The lowest BCUT2D eigenvalue weighted by Gasteiger charge is -2.33. The zero-order chi connectivity index (χ0) is 19.3. The fourth-order valence-corrected chi connectivity index (χ4v) is 2.85. The fraction of sp³-hybridized carbons (Fsp3) is 0.316. The molecule has 8 heteroatoms. The van der Waals surface area contributed by atoms with Crippen molar-refractivity contribution in [2.75, 3.05) is 18.4 Å². The minimum absolute atomic E-state index is 0.0639. The van der Waals surface area contributed by atoms with Crippen molar-refractivity contribution < 1.29 is 18.0 Å². The van der Waals surface area contributed by atoms with Gasteiger partial charge in [-0.15, -0.1) is 0 Å². The van der Waals surface area contributed by atoms with Crippen LogP contribution in [0.4, 0.5) is 35.0 Å². The Bertz CT molecular complexity index is 791. The second-order valence-corrected chi connectivity index (χ2v) is 6.34. The van der Waals surface area contributed by atoms with E-state index >= 15 is 0 Å². The zero-order valence-electron chi connectivity index (χ0n) is 14.5. The van der Waals surface area contributed by atoms with Gasteiger partial charge in [0.25, 0.3) is 0 Å². The summed E-state index contributed by atoms with van der Waals surface area (Å²) in [6.45, 7) is 0.0144. The molecule has 0 bridgehead atoms. The van der Waals surface area contributed by atoms with Crippen LogP contribution >= 0.6 is 0 Å². The minimum Gasteiger partial charge on any atom is -0.324 e. The second kappa shape index (κ2) is 8.20. The summed E-state index contributed by atoms with van der Waals surface area (Å²) in [7, 11) is 0. The number of likely N-dealkylation sites (tertiary alicyclic amines) is 1. The van der Waals surface area contributed by atoms with E-state index in [-0.39, 0.29) is 13.0 Å². The van der Waals surface area contributed by atoms with Crippen LogP contribution in [0, 0.1) is 5.92 Å². The molecule has 27 heavy (non-hydrogen) atoms. The van der Waals surface area contributed by atoms with Gasteiger partial charge < -0.3 is 10.2 Å². The summed E-state index contributed by atoms with van der Waals surface area (Å²) < 4.78 is 38.6. The molecule has 0 aliphatic carbocycles. The van der Waals surface area contributed by atoms with E-state index in [2.05, 4.69) is 15.5 Å². The highest BCUT2D eigenvalue weighted by Crippen LogP contribution is 2.33. The number of hydrogen-bond acceptors (Lipinski definition) is 3. The molecule has 1 aliphatic rings. The van der Waals surface area contributed by atoms with Crippen LogP contribution in [-0.4, -0.2) is 30.2 Å². The number of anilines is 1. The van der Waals surface area contributed by atoms with Gasteiger partial charge in [-0.25, -0.2) is 4.79 Å². The van der Waals surface area contributed by atoms with Crippen molar-refractivity contribution in [3.05, 3.63) is 54.6 Å². The van der Waals surface area contributed by atoms with Gasteiger partial charge in [-0.2, -0.15) is 23.4 Å². The molecule has 0 saturated carbocycles. The first kappa shape index (κ1) is 18.9. The summed E-state index contributed by atoms with van der Waals surface area (Å²) in [6.07, 6.45) is -3.87. The summed E-state index contributed by atoms with van der Waals surface area (Å²) in [4.78, 5) is 13.5. The lowest BCUT2D eigenvalue weighted by Crippen LogP contribution is -2.46. The van der Waals surface area contributed by atoms with Crippen LogP contribution in [-0.2, 0) is 0 Å². The third kappa shape index (κ3) is 5.29. The molecule has 5 nitrogen and oxygen atoms in total. The van der Waals surface area contributed by atoms with E-state index in [4.69, 9.17) is 0 Å². The monoisotopic (exact) mass is 376 g/mol. The maximum Gasteiger partial charge on any atom is 0.393 e. The molecule has 142 valence electrons. The normalized spacial score (nSPS) is 17.9. The first-order valence-electron chi connectivity index (χ1n) is 8.61. The van der Waals surface area contributed by atoms with Gasteiger partial charge in [-0.05, 0) is 49.2 Å². The van der Waals surface area contributed by atoms with Crippen molar-refractivity contribution in [2.24, 2.45) is 16.1 Å². The molecule has 1 atom stereocenters. The predicted molar refractivity (Wildman–Crippen MR) is 96.4 cm³/mol. The van der Waals surface area contributed by atoms with Gasteiger partial charge in [0.1, 0.15) is 0 Å². The second-order valence-electron chi connectivity index (χ2n) is 6.34. The van der Waals surface area contributed by atoms with Gasteiger partial charge in [0.15, 0.2) is 0 Å². The van der Waals surface area contributed by atoms with Crippen molar-refractivity contribution in [3.8, 4) is 0 Å². The number of halogens is 3. The lowest BCUT2D eigenvalue weighted by atomic mass is 9.98. The van der Waals surface area contributed by atoms with E-state index in [1.807, 2.05) is 30.3 Å². The molecule has 2 aromatic rings. The molecule has 0 spiro atoms.